The Morgan fingerprint density at radius 2 is 1.95 bits per heavy atom. The smallest absolute Gasteiger partial charge is 0.127 e. The van der Waals surface area contributed by atoms with Crippen LogP contribution in [-0.4, -0.2) is 18.8 Å². The monoisotopic (exact) mass is 293 g/mol. The Morgan fingerprint density at radius 3 is 2.52 bits per heavy atom. The highest BCUT2D eigenvalue weighted by molar-refractivity contribution is 5.21. The van der Waals surface area contributed by atoms with Gasteiger partial charge in [-0.2, -0.15) is 0 Å². The molecule has 0 heterocycles. The average molecular weight is 293 g/mol. The van der Waals surface area contributed by atoms with Gasteiger partial charge in [-0.1, -0.05) is 45.9 Å². The number of rotatable bonds is 6. The molecule has 0 aromatic heterocycles. The van der Waals surface area contributed by atoms with E-state index in [2.05, 4.69) is 33.0 Å². The molecule has 3 unspecified atom stereocenters. The summed E-state index contributed by atoms with van der Waals surface area (Å²) in [6.45, 7) is 11.6. The fourth-order valence-corrected chi connectivity index (χ4v) is 2.98. The van der Waals surface area contributed by atoms with Gasteiger partial charge < -0.3 is 10.1 Å². The molecule has 2 rings (SSSR count). The van der Waals surface area contributed by atoms with E-state index in [1.165, 1.54) is 6.07 Å². The molecule has 2 nitrogen and oxygen atoms in total. The van der Waals surface area contributed by atoms with Crippen molar-refractivity contribution in [1.29, 1.82) is 0 Å². The number of hydrogen-bond acceptors (Lipinski definition) is 2. The minimum absolute atomic E-state index is 0.0153. The molecule has 0 aliphatic heterocycles. The van der Waals surface area contributed by atoms with E-state index in [1.807, 2.05) is 19.1 Å². The van der Waals surface area contributed by atoms with Crippen molar-refractivity contribution in [2.75, 3.05) is 6.61 Å². The third kappa shape index (κ3) is 3.64. The highest BCUT2D eigenvalue weighted by Gasteiger charge is 2.49. The topological polar surface area (TPSA) is 21.3 Å². The summed E-state index contributed by atoms with van der Waals surface area (Å²) >= 11 is 0. The molecule has 21 heavy (non-hydrogen) atoms. The van der Waals surface area contributed by atoms with Crippen molar-refractivity contribution < 1.29 is 9.13 Å². The first-order valence-corrected chi connectivity index (χ1v) is 7.94. The Morgan fingerprint density at radius 1 is 1.29 bits per heavy atom. The molecule has 118 valence electrons. The molecule has 1 aromatic carbocycles. The van der Waals surface area contributed by atoms with Crippen LogP contribution >= 0.6 is 0 Å². The number of halogens is 1. The van der Waals surface area contributed by atoms with Crippen LogP contribution in [0.25, 0.3) is 0 Å². The van der Waals surface area contributed by atoms with Gasteiger partial charge in [0.2, 0.25) is 0 Å². The van der Waals surface area contributed by atoms with Gasteiger partial charge in [0, 0.05) is 29.7 Å². The standard InChI is InChI=1S/C18H28FNO/c1-12(2)11-21-17-10-16(18(17,4)5)20-13(3)14-8-6-7-9-15(14)19/h6-9,12-13,16-17,20H,10-11H2,1-5H3. The van der Waals surface area contributed by atoms with Gasteiger partial charge in [0.25, 0.3) is 0 Å². The van der Waals surface area contributed by atoms with Crippen LogP contribution in [0.4, 0.5) is 4.39 Å². The molecular weight excluding hydrogens is 265 g/mol. The first-order chi connectivity index (χ1) is 9.82. The van der Waals surface area contributed by atoms with Crippen LogP contribution in [0.15, 0.2) is 24.3 Å². The molecule has 1 N–H and O–H groups in total. The highest BCUT2D eigenvalue weighted by Crippen LogP contribution is 2.44. The lowest BCUT2D eigenvalue weighted by molar-refractivity contribution is -0.125. The second-order valence-electron chi connectivity index (χ2n) is 7.24. The molecule has 1 aliphatic rings. The summed E-state index contributed by atoms with van der Waals surface area (Å²) in [5.74, 6) is 0.424. The molecule has 0 amide bonds. The molecule has 0 bridgehead atoms. The quantitative estimate of drug-likeness (QED) is 0.843. The predicted octanol–water partition coefficient (Wildman–Crippen LogP) is 4.32. The Hall–Kier alpha value is -0.930. The second kappa shape index (κ2) is 6.45. The average Bonchev–Trinajstić information content (AvgIpc) is 2.41. The SMILES string of the molecule is CC(C)COC1CC(NC(C)c2ccccc2F)C1(C)C. The fraction of sp³-hybridized carbons (Fsp3) is 0.667. The third-order valence-electron chi connectivity index (χ3n) is 4.63. The maximum Gasteiger partial charge on any atom is 0.127 e. The predicted molar refractivity (Wildman–Crippen MR) is 84.7 cm³/mol. The lowest BCUT2D eigenvalue weighted by Gasteiger charge is -2.53. The molecule has 0 radical (unpaired) electrons. The highest BCUT2D eigenvalue weighted by atomic mass is 19.1. The summed E-state index contributed by atoms with van der Waals surface area (Å²) < 4.78 is 19.8. The Labute approximate surface area is 128 Å². The summed E-state index contributed by atoms with van der Waals surface area (Å²) in [6, 6.07) is 7.37. The van der Waals surface area contributed by atoms with Crippen molar-refractivity contribution in [3.63, 3.8) is 0 Å². The molecule has 0 saturated heterocycles. The Bertz CT molecular complexity index is 472. The first kappa shape index (κ1) is 16.4. The van der Waals surface area contributed by atoms with E-state index < -0.39 is 0 Å². The zero-order chi connectivity index (χ0) is 15.6. The van der Waals surface area contributed by atoms with Crippen LogP contribution in [0.5, 0.6) is 0 Å². The van der Waals surface area contributed by atoms with Crippen LogP contribution in [0.2, 0.25) is 0 Å². The number of ether oxygens (including phenoxy) is 1. The van der Waals surface area contributed by atoms with E-state index in [0.717, 1.165) is 18.6 Å². The van der Waals surface area contributed by atoms with Crippen molar-refractivity contribution >= 4 is 0 Å². The summed E-state index contributed by atoms with van der Waals surface area (Å²) in [5, 5.41) is 3.56. The second-order valence-corrected chi connectivity index (χ2v) is 7.24. The van der Waals surface area contributed by atoms with Gasteiger partial charge in [0.05, 0.1) is 6.10 Å². The van der Waals surface area contributed by atoms with E-state index in [4.69, 9.17) is 4.74 Å². The number of hydrogen-bond donors (Lipinski definition) is 1. The minimum Gasteiger partial charge on any atom is -0.377 e. The molecular formula is C18H28FNO. The normalized spacial score (nSPS) is 25.7. The Balaban J connectivity index is 1.92. The maximum atomic E-state index is 13.8. The van der Waals surface area contributed by atoms with Crippen LogP contribution in [0, 0.1) is 17.2 Å². The molecule has 3 heteroatoms. The molecule has 3 atom stereocenters. The van der Waals surface area contributed by atoms with E-state index >= 15 is 0 Å². The molecule has 1 saturated carbocycles. The van der Waals surface area contributed by atoms with Gasteiger partial charge in [-0.15, -0.1) is 0 Å². The van der Waals surface area contributed by atoms with E-state index in [1.54, 1.807) is 6.07 Å². The van der Waals surface area contributed by atoms with Gasteiger partial charge in [0.15, 0.2) is 0 Å². The number of benzene rings is 1. The zero-order valence-corrected chi connectivity index (χ0v) is 13.8. The van der Waals surface area contributed by atoms with E-state index in [0.29, 0.717) is 18.1 Å². The lowest BCUT2D eigenvalue weighted by Crippen LogP contribution is -2.61. The first-order valence-electron chi connectivity index (χ1n) is 7.94. The summed E-state index contributed by atoms with van der Waals surface area (Å²) in [6.07, 6.45) is 1.30. The van der Waals surface area contributed by atoms with E-state index in [9.17, 15) is 4.39 Å². The summed E-state index contributed by atoms with van der Waals surface area (Å²) in [5.41, 5.74) is 0.828. The lowest BCUT2D eigenvalue weighted by atomic mass is 9.64. The van der Waals surface area contributed by atoms with Crippen molar-refractivity contribution in [1.82, 2.24) is 5.32 Å². The molecule has 1 aromatic rings. The minimum atomic E-state index is -0.137. The Kier molecular flexibility index (Phi) is 5.05. The van der Waals surface area contributed by atoms with Crippen LogP contribution in [0.3, 0.4) is 0 Å². The molecule has 1 aliphatic carbocycles. The largest absolute Gasteiger partial charge is 0.377 e. The van der Waals surface area contributed by atoms with Crippen LogP contribution in [0.1, 0.15) is 52.6 Å². The van der Waals surface area contributed by atoms with Gasteiger partial charge in [-0.05, 0) is 25.3 Å². The van der Waals surface area contributed by atoms with Crippen molar-refractivity contribution in [2.45, 2.75) is 59.2 Å². The van der Waals surface area contributed by atoms with Gasteiger partial charge >= 0.3 is 0 Å². The van der Waals surface area contributed by atoms with Gasteiger partial charge in [0.1, 0.15) is 5.82 Å². The summed E-state index contributed by atoms with van der Waals surface area (Å²) in [4.78, 5) is 0. The van der Waals surface area contributed by atoms with Gasteiger partial charge in [-0.3, -0.25) is 0 Å². The summed E-state index contributed by atoms with van der Waals surface area (Å²) in [7, 11) is 0. The number of nitrogens with one attached hydrogen (secondary N) is 1. The van der Waals surface area contributed by atoms with Crippen molar-refractivity contribution in [2.24, 2.45) is 11.3 Å². The van der Waals surface area contributed by atoms with Crippen LogP contribution in [-0.2, 0) is 4.74 Å². The van der Waals surface area contributed by atoms with Crippen LogP contribution < -0.4 is 5.32 Å². The van der Waals surface area contributed by atoms with Crippen molar-refractivity contribution in [3.8, 4) is 0 Å². The fourth-order valence-electron chi connectivity index (χ4n) is 2.98. The van der Waals surface area contributed by atoms with E-state index in [-0.39, 0.29) is 17.3 Å². The van der Waals surface area contributed by atoms with Crippen molar-refractivity contribution in [3.05, 3.63) is 35.6 Å². The maximum absolute atomic E-state index is 13.8. The zero-order valence-electron chi connectivity index (χ0n) is 13.8. The molecule has 1 fully saturated rings. The molecule has 0 spiro atoms. The van der Waals surface area contributed by atoms with Gasteiger partial charge in [-0.25, -0.2) is 4.39 Å². The third-order valence-corrected chi connectivity index (χ3v) is 4.63.